The Balaban J connectivity index is 1.76. The molecule has 138 valence electrons. The second kappa shape index (κ2) is 6.98. The summed E-state index contributed by atoms with van der Waals surface area (Å²) in [6.07, 6.45) is 1.13. The number of nitro benzene ring substituents is 1. The van der Waals surface area contributed by atoms with E-state index in [1.54, 1.807) is 0 Å². The molecular weight excluding hydrogens is 346 g/mol. The van der Waals surface area contributed by atoms with Crippen molar-refractivity contribution in [3.8, 4) is 5.75 Å². The van der Waals surface area contributed by atoms with Crippen LogP contribution in [-0.4, -0.2) is 59.0 Å². The van der Waals surface area contributed by atoms with Gasteiger partial charge in [0.2, 0.25) is 5.91 Å². The van der Waals surface area contributed by atoms with Gasteiger partial charge in [-0.25, -0.2) is 4.79 Å². The SMILES string of the molecule is O=C1CN(CC(=O)N2CCCC(C(=O)O)C2)c2ccc([N+](=O)[O-])cc2O1. The molecule has 10 nitrogen and oxygen atoms in total. The van der Waals surface area contributed by atoms with Crippen LogP contribution in [0.3, 0.4) is 0 Å². The fourth-order valence-electron chi connectivity index (χ4n) is 3.16. The summed E-state index contributed by atoms with van der Waals surface area (Å²) >= 11 is 0. The van der Waals surface area contributed by atoms with Crippen molar-refractivity contribution in [1.29, 1.82) is 0 Å². The zero-order valence-corrected chi connectivity index (χ0v) is 13.8. The fraction of sp³-hybridized carbons (Fsp3) is 0.438. The molecule has 26 heavy (non-hydrogen) atoms. The Morgan fingerprint density at radius 3 is 2.85 bits per heavy atom. The summed E-state index contributed by atoms with van der Waals surface area (Å²) in [6.45, 7) is 0.312. The number of aliphatic carboxylic acids is 1. The molecule has 1 amide bonds. The Morgan fingerprint density at radius 1 is 1.38 bits per heavy atom. The molecule has 2 aliphatic heterocycles. The highest BCUT2D eigenvalue weighted by molar-refractivity contribution is 5.90. The van der Waals surface area contributed by atoms with Gasteiger partial charge in [-0.3, -0.25) is 19.7 Å². The van der Waals surface area contributed by atoms with Crippen molar-refractivity contribution in [2.24, 2.45) is 5.92 Å². The molecule has 1 fully saturated rings. The van der Waals surface area contributed by atoms with Crippen LogP contribution < -0.4 is 9.64 Å². The van der Waals surface area contributed by atoms with Gasteiger partial charge >= 0.3 is 11.9 Å². The van der Waals surface area contributed by atoms with E-state index in [2.05, 4.69) is 0 Å². The first-order chi connectivity index (χ1) is 12.3. The number of likely N-dealkylation sites (tertiary alicyclic amines) is 1. The van der Waals surface area contributed by atoms with Crippen molar-refractivity contribution in [1.82, 2.24) is 4.90 Å². The number of non-ortho nitro benzene ring substituents is 1. The molecule has 0 aliphatic carbocycles. The zero-order valence-electron chi connectivity index (χ0n) is 13.8. The number of ether oxygens (including phenoxy) is 1. The molecule has 0 spiro atoms. The molecule has 1 aromatic carbocycles. The second-order valence-electron chi connectivity index (χ2n) is 6.26. The topological polar surface area (TPSA) is 130 Å². The number of hydrogen-bond donors (Lipinski definition) is 1. The van der Waals surface area contributed by atoms with Crippen LogP contribution in [0.25, 0.3) is 0 Å². The van der Waals surface area contributed by atoms with Crippen molar-refractivity contribution in [3.05, 3.63) is 28.3 Å². The molecule has 1 saturated heterocycles. The summed E-state index contributed by atoms with van der Waals surface area (Å²) in [5.74, 6) is -2.40. The molecule has 1 N–H and O–H groups in total. The summed E-state index contributed by atoms with van der Waals surface area (Å²) < 4.78 is 5.04. The minimum atomic E-state index is -0.929. The van der Waals surface area contributed by atoms with Crippen LogP contribution >= 0.6 is 0 Å². The number of carboxylic acids is 1. The van der Waals surface area contributed by atoms with Crippen LogP contribution in [0.5, 0.6) is 5.75 Å². The highest BCUT2D eigenvalue weighted by Crippen LogP contribution is 2.35. The van der Waals surface area contributed by atoms with Crippen LogP contribution in [0.15, 0.2) is 18.2 Å². The van der Waals surface area contributed by atoms with Gasteiger partial charge in [0.1, 0.15) is 6.54 Å². The Hall–Kier alpha value is -3.17. The normalized spacial score (nSPS) is 19.5. The zero-order chi connectivity index (χ0) is 18.8. The predicted octanol–water partition coefficient (Wildman–Crippen LogP) is 0.643. The summed E-state index contributed by atoms with van der Waals surface area (Å²) in [5.41, 5.74) is 0.195. The number of amides is 1. The summed E-state index contributed by atoms with van der Waals surface area (Å²) in [5, 5.41) is 20.0. The molecule has 2 heterocycles. The third-order valence-electron chi connectivity index (χ3n) is 4.49. The van der Waals surface area contributed by atoms with E-state index in [-0.39, 0.29) is 37.0 Å². The lowest BCUT2D eigenvalue weighted by Gasteiger charge is -2.34. The Labute approximate surface area is 148 Å². The molecule has 0 aromatic heterocycles. The lowest BCUT2D eigenvalue weighted by Crippen LogP contribution is -2.48. The molecule has 0 saturated carbocycles. The quantitative estimate of drug-likeness (QED) is 0.357. The number of rotatable bonds is 4. The van der Waals surface area contributed by atoms with Gasteiger partial charge in [-0.15, -0.1) is 0 Å². The number of carboxylic acid groups (broad SMARTS) is 1. The van der Waals surface area contributed by atoms with Gasteiger partial charge in [0.25, 0.3) is 5.69 Å². The number of nitrogens with zero attached hydrogens (tertiary/aromatic N) is 3. The van der Waals surface area contributed by atoms with Crippen molar-refractivity contribution in [2.75, 3.05) is 31.1 Å². The van der Waals surface area contributed by atoms with Crippen molar-refractivity contribution in [2.45, 2.75) is 12.8 Å². The number of anilines is 1. The van der Waals surface area contributed by atoms with E-state index in [0.29, 0.717) is 25.1 Å². The smallest absolute Gasteiger partial charge is 0.331 e. The van der Waals surface area contributed by atoms with Crippen LogP contribution in [0.1, 0.15) is 12.8 Å². The van der Waals surface area contributed by atoms with Gasteiger partial charge in [0, 0.05) is 19.2 Å². The maximum absolute atomic E-state index is 12.6. The van der Waals surface area contributed by atoms with E-state index in [0.717, 1.165) is 6.07 Å². The molecular formula is C16H17N3O7. The van der Waals surface area contributed by atoms with Crippen molar-refractivity contribution in [3.63, 3.8) is 0 Å². The molecule has 1 atom stereocenters. The number of piperidine rings is 1. The Kier molecular flexibility index (Phi) is 4.74. The molecule has 3 rings (SSSR count). The first kappa shape index (κ1) is 17.6. The van der Waals surface area contributed by atoms with Crippen molar-refractivity contribution >= 4 is 29.2 Å². The highest BCUT2D eigenvalue weighted by Gasteiger charge is 2.32. The van der Waals surface area contributed by atoms with Gasteiger partial charge in [0.05, 0.1) is 29.1 Å². The number of carbonyl (C=O) groups excluding carboxylic acids is 2. The van der Waals surface area contributed by atoms with E-state index in [1.165, 1.54) is 21.9 Å². The van der Waals surface area contributed by atoms with E-state index < -0.39 is 22.8 Å². The molecule has 1 unspecified atom stereocenters. The number of hydrogen-bond acceptors (Lipinski definition) is 7. The van der Waals surface area contributed by atoms with Gasteiger partial charge in [-0.1, -0.05) is 0 Å². The third-order valence-corrected chi connectivity index (χ3v) is 4.49. The van der Waals surface area contributed by atoms with Gasteiger partial charge in [-0.2, -0.15) is 0 Å². The Bertz CT molecular complexity index is 779. The van der Waals surface area contributed by atoms with Crippen molar-refractivity contribution < 1.29 is 29.2 Å². The average molecular weight is 363 g/mol. The van der Waals surface area contributed by atoms with Gasteiger partial charge in [0.15, 0.2) is 5.75 Å². The van der Waals surface area contributed by atoms with E-state index >= 15 is 0 Å². The van der Waals surface area contributed by atoms with Crippen LogP contribution in [0, 0.1) is 16.0 Å². The molecule has 10 heteroatoms. The molecule has 0 bridgehead atoms. The standard InChI is InChI=1S/C16H17N3O7/c20-14(17-5-1-2-10(7-17)16(22)23)8-18-9-15(21)26-13-6-11(19(24)25)3-4-12(13)18/h3-4,6,10H,1-2,5,7-9H2,(H,22,23). The van der Waals surface area contributed by atoms with Crippen LogP contribution in [0.4, 0.5) is 11.4 Å². The summed E-state index contributed by atoms with van der Waals surface area (Å²) in [4.78, 5) is 48.7. The van der Waals surface area contributed by atoms with Crippen LogP contribution in [-0.2, 0) is 14.4 Å². The van der Waals surface area contributed by atoms with Crippen LogP contribution in [0.2, 0.25) is 0 Å². The minimum Gasteiger partial charge on any atom is -0.481 e. The number of nitro groups is 1. The lowest BCUT2D eigenvalue weighted by atomic mass is 9.98. The molecule has 1 aromatic rings. The first-order valence-electron chi connectivity index (χ1n) is 8.10. The first-order valence-corrected chi connectivity index (χ1v) is 8.10. The van der Waals surface area contributed by atoms with E-state index in [1.807, 2.05) is 0 Å². The number of carbonyl (C=O) groups is 3. The summed E-state index contributed by atoms with van der Waals surface area (Å²) in [6, 6.07) is 3.85. The monoisotopic (exact) mass is 363 g/mol. The average Bonchev–Trinajstić information content (AvgIpc) is 2.61. The second-order valence-corrected chi connectivity index (χ2v) is 6.26. The maximum Gasteiger partial charge on any atom is 0.331 e. The molecule has 2 aliphatic rings. The fourth-order valence-corrected chi connectivity index (χ4v) is 3.16. The number of fused-ring (bicyclic) bond motifs is 1. The third kappa shape index (κ3) is 3.58. The minimum absolute atomic E-state index is 0.0327. The van der Waals surface area contributed by atoms with E-state index in [9.17, 15) is 24.5 Å². The maximum atomic E-state index is 12.6. The predicted molar refractivity (Wildman–Crippen MR) is 87.9 cm³/mol. The number of esters is 1. The highest BCUT2D eigenvalue weighted by atomic mass is 16.6. The number of benzene rings is 1. The van der Waals surface area contributed by atoms with Gasteiger partial charge in [-0.05, 0) is 18.9 Å². The summed E-state index contributed by atoms with van der Waals surface area (Å²) in [7, 11) is 0. The van der Waals surface area contributed by atoms with Gasteiger partial charge < -0.3 is 19.6 Å². The Morgan fingerprint density at radius 2 is 2.15 bits per heavy atom. The van der Waals surface area contributed by atoms with E-state index in [4.69, 9.17) is 9.84 Å². The lowest BCUT2D eigenvalue weighted by molar-refractivity contribution is -0.384. The largest absolute Gasteiger partial charge is 0.481 e. The molecule has 0 radical (unpaired) electrons.